The lowest BCUT2D eigenvalue weighted by Gasteiger charge is -2.33. The summed E-state index contributed by atoms with van der Waals surface area (Å²) in [6.07, 6.45) is 1.71. The van der Waals surface area contributed by atoms with E-state index >= 15 is 0 Å². The summed E-state index contributed by atoms with van der Waals surface area (Å²) in [5.41, 5.74) is -8.02. The lowest BCUT2D eigenvalue weighted by atomic mass is 9.86. The molecule has 264 valence electrons. The van der Waals surface area contributed by atoms with E-state index in [-0.39, 0.29) is 11.8 Å². The predicted molar refractivity (Wildman–Crippen MR) is 169 cm³/mol. The van der Waals surface area contributed by atoms with Crippen LogP contribution in [0.4, 0.5) is 0 Å². The Labute approximate surface area is 272 Å². The van der Waals surface area contributed by atoms with Crippen LogP contribution in [-0.4, -0.2) is 115 Å². The minimum Gasteiger partial charge on any atom is -0.394 e. The number of hydrogen-bond donors (Lipinski definition) is 8. The van der Waals surface area contributed by atoms with Gasteiger partial charge in [-0.2, -0.15) is 31.0 Å². The molecule has 4 unspecified atom stereocenters. The summed E-state index contributed by atoms with van der Waals surface area (Å²) in [5.74, 6) is -1.29. The van der Waals surface area contributed by atoms with Crippen LogP contribution < -0.4 is 10.6 Å². The molecule has 16 heteroatoms. The van der Waals surface area contributed by atoms with Crippen molar-refractivity contribution < 1.29 is 40.2 Å². The highest BCUT2D eigenvalue weighted by Gasteiger charge is 2.40. The largest absolute Gasteiger partial charge is 0.394 e. The maximum absolute atomic E-state index is 12.4. The first-order chi connectivity index (χ1) is 21.1. The number of aliphatic hydroxyl groups is 6. The average Bonchev–Trinajstić information content (AvgIpc) is 3.06. The summed E-state index contributed by atoms with van der Waals surface area (Å²) >= 11 is 0. The summed E-state index contributed by atoms with van der Waals surface area (Å²) in [5, 5.41) is 95.1. The first-order valence-corrected chi connectivity index (χ1v) is 15.1. The van der Waals surface area contributed by atoms with Gasteiger partial charge in [-0.1, -0.05) is 40.5 Å². The van der Waals surface area contributed by atoms with Gasteiger partial charge in [-0.3, -0.25) is 9.59 Å². The van der Waals surface area contributed by atoms with Crippen molar-refractivity contribution in [3.05, 3.63) is 0 Å². The molecule has 0 heterocycles. The van der Waals surface area contributed by atoms with E-state index in [0.29, 0.717) is 0 Å². The fourth-order valence-electron chi connectivity index (χ4n) is 3.13. The molecule has 16 nitrogen and oxygen atoms in total. The number of carbonyl (C=O) groups excluding carboxylic acids is 2. The van der Waals surface area contributed by atoms with Crippen molar-refractivity contribution in [2.75, 3.05) is 39.6 Å². The first-order valence-electron chi connectivity index (χ1n) is 15.1. The highest BCUT2D eigenvalue weighted by atomic mass is 16.3. The first kappa shape index (κ1) is 45.0. The predicted octanol–water partition coefficient (Wildman–Crippen LogP) is 0.755. The van der Waals surface area contributed by atoms with Crippen LogP contribution in [0.3, 0.4) is 0 Å². The molecule has 8 N–H and O–H groups in total. The zero-order valence-electron chi connectivity index (χ0n) is 29.0. The molecule has 0 fully saturated rings. The van der Waals surface area contributed by atoms with Crippen molar-refractivity contribution in [1.82, 2.24) is 10.6 Å². The number of nitrogens with zero attached hydrogens (tertiary/aromatic N) is 6. The summed E-state index contributed by atoms with van der Waals surface area (Å²) in [4.78, 5) is 24.8. The van der Waals surface area contributed by atoms with E-state index in [1.165, 1.54) is 27.7 Å². The number of azo groups is 2. The van der Waals surface area contributed by atoms with Crippen molar-refractivity contribution >= 4 is 11.8 Å². The van der Waals surface area contributed by atoms with Crippen molar-refractivity contribution in [1.29, 1.82) is 10.5 Å². The summed E-state index contributed by atoms with van der Waals surface area (Å²) in [7, 11) is 0. The van der Waals surface area contributed by atoms with Gasteiger partial charge in [0.05, 0.1) is 51.8 Å². The topological polar surface area (TPSA) is 277 Å². The van der Waals surface area contributed by atoms with E-state index < -0.39 is 84.7 Å². The van der Waals surface area contributed by atoms with Gasteiger partial charge in [0.25, 0.3) is 0 Å². The maximum atomic E-state index is 12.4. The highest BCUT2D eigenvalue weighted by Crippen LogP contribution is 2.29. The Bertz CT molecular complexity index is 1010. The normalized spacial score (nSPS) is 16.7. The molecule has 46 heavy (non-hydrogen) atoms. The number of amides is 2. The SMILES string of the molecule is CC(C)(N=NC(C)(C)C(=O)NC(CO)(CO)CO)C(=O)NC(CO)(CO)CO.CCC(C)C(C)(C#N)N=NC(C)(C#N)C(C)CC. The fourth-order valence-corrected chi connectivity index (χ4v) is 3.13. The number of rotatable bonds is 18. The monoisotopic (exact) mass is 656 g/mol. The van der Waals surface area contributed by atoms with Crippen molar-refractivity contribution in [3.63, 3.8) is 0 Å². The van der Waals surface area contributed by atoms with E-state index in [9.17, 15) is 50.8 Å². The van der Waals surface area contributed by atoms with Gasteiger partial charge in [-0.25, -0.2) is 0 Å². The van der Waals surface area contributed by atoms with Crippen molar-refractivity contribution in [3.8, 4) is 12.1 Å². The molecule has 0 aliphatic carbocycles. The Hall–Kier alpha value is -3.12. The van der Waals surface area contributed by atoms with E-state index in [2.05, 4.69) is 43.2 Å². The third-order valence-electron chi connectivity index (χ3n) is 8.30. The second-order valence-electron chi connectivity index (χ2n) is 13.1. The van der Waals surface area contributed by atoms with Gasteiger partial charge in [0, 0.05) is 0 Å². The molecular formula is C30H56N8O8. The quantitative estimate of drug-likeness (QED) is 0.0959. The molecule has 0 bridgehead atoms. The van der Waals surface area contributed by atoms with Gasteiger partial charge in [-0.15, -0.1) is 0 Å². The molecule has 2 amide bonds. The number of hydrogen-bond acceptors (Lipinski definition) is 14. The second kappa shape index (κ2) is 18.9. The Kier molecular flexibility index (Phi) is 18.5. The van der Waals surface area contributed by atoms with Gasteiger partial charge in [0.2, 0.25) is 11.8 Å². The smallest absolute Gasteiger partial charge is 0.249 e. The molecule has 0 aliphatic rings. The van der Waals surface area contributed by atoms with Crippen LogP contribution in [0.25, 0.3) is 0 Å². The lowest BCUT2D eigenvalue weighted by molar-refractivity contribution is -0.131. The van der Waals surface area contributed by atoms with Gasteiger partial charge in [0.15, 0.2) is 22.2 Å². The van der Waals surface area contributed by atoms with Crippen LogP contribution in [0, 0.1) is 34.5 Å². The van der Waals surface area contributed by atoms with Gasteiger partial charge < -0.3 is 41.3 Å². The van der Waals surface area contributed by atoms with E-state index in [4.69, 9.17) is 0 Å². The molecular weight excluding hydrogens is 600 g/mol. The molecule has 0 aromatic rings. The van der Waals surface area contributed by atoms with Crippen LogP contribution >= 0.6 is 0 Å². The lowest BCUT2D eigenvalue weighted by Crippen LogP contribution is -2.61. The van der Waals surface area contributed by atoms with Gasteiger partial charge >= 0.3 is 0 Å². The Balaban J connectivity index is 0. The zero-order chi connectivity index (χ0) is 36.6. The summed E-state index contributed by atoms with van der Waals surface area (Å²) < 4.78 is 0. The molecule has 4 atom stereocenters. The van der Waals surface area contributed by atoms with E-state index in [1.807, 2.05) is 27.7 Å². The highest BCUT2D eigenvalue weighted by molar-refractivity contribution is 5.87. The van der Waals surface area contributed by atoms with Gasteiger partial charge in [-0.05, 0) is 53.4 Å². The van der Waals surface area contributed by atoms with Crippen LogP contribution in [0.1, 0.15) is 82.1 Å². The summed E-state index contributed by atoms with van der Waals surface area (Å²) in [6.45, 7) is 12.8. The van der Waals surface area contributed by atoms with Gasteiger partial charge in [0.1, 0.15) is 11.1 Å². The van der Waals surface area contributed by atoms with E-state index in [0.717, 1.165) is 12.8 Å². The standard InChI is InChI=1S/C16H32N4O8.C14H24N4/c1-13(2,11(27)17-15(5-21,6-22)7-23)19-20-14(3,4)12(28)18-16(8-24,9-25)10-26;1-7-11(3)13(5,9-15)17-18-14(6,10-16)12(4)8-2/h21-26H,5-10H2,1-4H3,(H,17,27)(H,18,28);11-12H,7-8H2,1-6H3. The zero-order valence-corrected chi connectivity index (χ0v) is 29.0. The number of nitriles is 2. The molecule has 0 rings (SSSR count). The molecule has 0 radical (unpaired) electrons. The average molecular weight is 657 g/mol. The minimum atomic E-state index is -1.64. The number of carbonyl (C=O) groups is 2. The Morgan fingerprint density at radius 1 is 0.587 bits per heavy atom. The van der Waals surface area contributed by atoms with Crippen LogP contribution in [0.2, 0.25) is 0 Å². The van der Waals surface area contributed by atoms with Crippen molar-refractivity contribution in [2.45, 2.75) is 115 Å². The molecule has 0 aliphatic heterocycles. The Morgan fingerprint density at radius 3 is 1.00 bits per heavy atom. The third-order valence-corrected chi connectivity index (χ3v) is 8.30. The molecule has 0 spiro atoms. The van der Waals surface area contributed by atoms with Crippen LogP contribution in [0.5, 0.6) is 0 Å². The van der Waals surface area contributed by atoms with E-state index in [1.54, 1.807) is 13.8 Å². The fraction of sp³-hybridized carbons (Fsp3) is 0.867. The third kappa shape index (κ3) is 12.2. The number of nitrogens with one attached hydrogen (secondary N) is 2. The molecule has 0 aromatic heterocycles. The second-order valence-corrected chi connectivity index (χ2v) is 13.1. The molecule has 0 aromatic carbocycles. The number of aliphatic hydroxyl groups excluding tert-OH is 6. The van der Waals surface area contributed by atoms with Crippen LogP contribution in [-0.2, 0) is 9.59 Å². The van der Waals surface area contributed by atoms with Crippen molar-refractivity contribution in [2.24, 2.45) is 32.3 Å². The molecule has 0 saturated carbocycles. The Morgan fingerprint density at radius 2 is 0.826 bits per heavy atom. The molecule has 0 saturated heterocycles. The minimum absolute atomic E-state index is 0.117. The maximum Gasteiger partial charge on any atom is 0.249 e. The summed E-state index contributed by atoms with van der Waals surface area (Å²) in [6, 6.07) is 4.43. The van der Waals surface area contributed by atoms with Crippen LogP contribution in [0.15, 0.2) is 20.5 Å².